The molecule has 0 aromatic heterocycles. The molecule has 0 aliphatic carbocycles. The van der Waals surface area contributed by atoms with Gasteiger partial charge in [0.1, 0.15) is 0 Å². The molecule has 3 nitrogen and oxygen atoms in total. The second kappa shape index (κ2) is 4.72. The molecule has 0 N–H and O–H groups in total. The van der Waals surface area contributed by atoms with Crippen LogP contribution in [0.1, 0.15) is 12.8 Å². The van der Waals surface area contributed by atoms with E-state index in [4.69, 9.17) is 9.47 Å². The van der Waals surface area contributed by atoms with E-state index >= 15 is 0 Å². The Hall–Kier alpha value is -1.09. The third-order valence-electron chi connectivity index (χ3n) is 1.50. The van der Waals surface area contributed by atoms with Crippen LogP contribution in [0.15, 0.2) is 24.8 Å². The average Bonchev–Trinajstić information content (AvgIpc) is 2.33. The normalized spacial score (nSPS) is 22.8. The minimum absolute atomic E-state index is 0.435. The molecule has 0 spiro atoms. The molecule has 0 radical (unpaired) electrons. The van der Waals surface area contributed by atoms with Gasteiger partial charge in [-0.15, -0.1) is 0 Å². The molecular weight excluding hydrogens is 156 g/mol. The van der Waals surface area contributed by atoms with E-state index in [-0.39, 0.29) is 0 Å². The smallest absolute Gasteiger partial charge is 0.332 e. The molecule has 0 bridgehead atoms. The van der Waals surface area contributed by atoms with Crippen LogP contribution in [0.5, 0.6) is 0 Å². The van der Waals surface area contributed by atoms with Gasteiger partial charge in [-0.2, -0.15) is 0 Å². The predicted molar refractivity (Wildman–Crippen MR) is 44.4 cm³/mol. The molecule has 0 fully saturated rings. The van der Waals surface area contributed by atoms with Crippen molar-refractivity contribution in [1.82, 2.24) is 0 Å². The van der Waals surface area contributed by atoms with Gasteiger partial charge in [0.2, 0.25) is 6.29 Å². The Balaban J connectivity index is 2.35. The zero-order valence-corrected chi connectivity index (χ0v) is 6.86. The summed E-state index contributed by atoms with van der Waals surface area (Å²) in [6, 6.07) is 0. The SMILES string of the molecule is C=CC(=O)OC1CC=CCCO1. The summed E-state index contributed by atoms with van der Waals surface area (Å²) in [6.07, 6.45) is 6.17. The van der Waals surface area contributed by atoms with Crippen LogP contribution in [0.4, 0.5) is 0 Å². The predicted octanol–water partition coefficient (Wildman–Crippen LogP) is 1.41. The third kappa shape index (κ3) is 2.88. The molecule has 0 saturated heterocycles. The van der Waals surface area contributed by atoms with Gasteiger partial charge in [-0.05, 0) is 6.42 Å². The van der Waals surface area contributed by atoms with E-state index in [1.54, 1.807) is 0 Å². The van der Waals surface area contributed by atoms with Gasteiger partial charge < -0.3 is 9.47 Å². The Bertz CT molecular complexity index is 196. The summed E-state index contributed by atoms with van der Waals surface area (Å²) < 4.78 is 10.1. The minimum Gasteiger partial charge on any atom is -0.432 e. The van der Waals surface area contributed by atoms with Crippen LogP contribution < -0.4 is 0 Å². The summed E-state index contributed by atoms with van der Waals surface area (Å²) in [4.78, 5) is 10.7. The first-order valence-electron chi connectivity index (χ1n) is 3.92. The zero-order chi connectivity index (χ0) is 8.81. The summed E-state index contributed by atoms with van der Waals surface area (Å²) >= 11 is 0. The number of hydrogen-bond acceptors (Lipinski definition) is 3. The van der Waals surface area contributed by atoms with Gasteiger partial charge in [0.05, 0.1) is 6.61 Å². The molecule has 1 unspecified atom stereocenters. The fourth-order valence-electron chi connectivity index (χ4n) is 0.921. The standard InChI is InChI=1S/C9H12O3/c1-2-8(10)12-9-6-4-3-5-7-11-9/h2-4,9H,1,5-7H2. The number of ether oxygens (including phenoxy) is 2. The third-order valence-corrected chi connectivity index (χ3v) is 1.50. The monoisotopic (exact) mass is 168 g/mol. The lowest BCUT2D eigenvalue weighted by molar-refractivity contribution is -0.171. The van der Waals surface area contributed by atoms with Crippen LogP contribution in [-0.4, -0.2) is 18.9 Å². The van der Waals surface area contributed by atoms with Gasteiger partial charge in [-0.25, -0.2) is 4.79 Å². The van der Waals surface area contributed by atoms with Crippen molar-refractivity contribution in [1.29, 1.82) is 0 Å². The average molecular weight is 168 g/mol. The summed E-state index contributed by atoms with van der Waals surface area (Å²) in [5, 5.41) is 0. The highest BCUT2D eigenvalue weighted by atomic mass is 16.7. The molecule has 1 aliphatic rings. The van der Waals surface area contributed by atoms with Crippen LogP contribution in [0.3, 0.4) is 0 Å². The molecule has 3 heteroatoms. The summed E-state index contributed by atoms with van der Waals surface area (Å²) in [5.41, 5.74) is 0. The largest absolute Gasteiger partial charge is 0.432 e. The van der Waals surface area contributed by atoms with Crippen molar-refractivity contribution in [2.45, 2.75) is 19.1 Å². The fraction of sp³-hybridized carbons (Fsp3) is 0.444. The van der Waals surface area contributed by atoms with E-state index in [1.165, 1.54) is 0 Å². The van der Waals surface area contributed by atoms with Gasteiger partial charge in [-0.1, -0.05) is 18.7 Å². The lowest BCUT2D eigenvalue weighted by atomic mass is 10.3. The van der Waals surface area contributed by atoms with E-state index in [1.807, 2.05) is 12.2 Å². The zero-order valence-electron chi connectivity index (χ0n) is 6.86. The number of hydrogen-bond donors (Lipinski definition) is 0. The van der Waals surface area contributed by atoms with Crippen LogP contribution in [0, 0.1) is 0 Å². The van der Waals surface area contributed by atoms with Crippen molar-refractivity contribution in [3.8, 4) is 0 Å². The second-order valence-electron chi connectivity index (χ2n) is 2.44. The van der Waals surface area contributed by atoms with E-state index in [9.17, 15) is 4.79 Å². The Morgan fingerprint density at radius 3 is 3.25 bits per heavy atom. The fourth-order valence-corrected chi connectivity index (χ4v) is 0.921. The summed E-state index contributed by atoms with van der Waals surface area (Å²) in [6.45, 7) is 3.90. The highest BCUT2D eigenvalue weighted by Crippen LogP contribution is 2.08. The lowest BCUT2D eigenvalue weighted by Crippen LogP contribution is -2.19. The maximum Gasteiger partial charge on any atom is 0.332 e. The van der Waals surface area contributed by atoms with Gasteiger partial charge in [0.25, 0.3) is 0 Å². The van der Waals surface area contributed by atoms with Crippen LogP contribution >= 0.6 is 0 Å². The summed E-state index contributed by atoms with van der Waals surface area (Å²) in [5.74, 6) is -0.435. The Labute approximate surface area is 71.7 Å². The van der Waals surface area contributed by atoms with E-state index < -0.39 is 12.3 Å². The van der Waals surface area contributed by atoms with Crippen molar-refractivity contribution >= 4 is 5.97 Å². The molecule has 1 atom stereocenters. The Morgan fingerprint density at radius 2 is 2.50 bits per heavy atom. The molecule has 0 aromatic carbocycles. The van der Waals surface area contributed by atoms with Crippen LogP contribution in [0.25, 0.3) is 0 Å². The Kier molecular flexibility index (Phi) is 3.54. The molecule has 0 aromatic rings. The number of rotatable bonds is 2. The number of carbonyl (C=O) groups excluding carboxylic acids is 1. The second-order valence-corrected chi connectivity index (χ2v) is 2.44. The van der Waals surface area contributed by atoms with Crippen LogP contribution in [-0.2, 0) is 14.3 Å². The first kappa shape index (κ1) is 9.00. The minimum atomic E-state index is -0.436. The van der Waals surface area contributed by atoms with Crippen molar-refractivity contribution in [2.24, 2.45) is 0 Å². The maximum atomic E-state index is 10.7. The van der Waals surface area contributed by atoms with Gasteiger partial charge in [-0.3, -0.25) is 0 Å². The Morgan fingerprint density at radius 1 is 1.67 bits per heavy atom. The van der Waals surface area contributed by atoms with Crippen molar-refractivity contribution < 1.29 is 14.3 Å². The van der Waals surface area contributed by atoms with Gasteiger partial charge >= 0.3 is 5.97 Å². The molecule has 1 aliphatic heterocycles. The van der Waals surface area contributed by atoms with Crippen molar-refractivity contribution in [3.63, 3.8) is 0 Å². The van der Waals surface area contributed by atoms with E-state index in [2.05, 4.69) is 6.58 Å². The van der Waals surface area contributed by atoms with E-state index in [0.29, 0.717) is 13.0 Å². The summed E-state index contributed by atoms with van der Waals surface area (Å²) in [7, 11) is 0. The molecule has 66 valence electrons. The highest BCUT2D eigenvalue weighted by Gasteiger charge is 2.12. The first-order valence-corrected chi connectivity index (χ1v) is 3.92. The molecule has 1 rings (SSSR count). The lowest BCUT2D eigenvalue weighted by Gasteiger charge is -2.13. The number of carbonyl (C=O) groups is 1. The molecule has 12 heavy (non-hydrogen) atoms. The van der Waals surface area contributed by atoms with Gasteiger partial charge in [0.15, 0.2) is 0 Å². The maximum absolute atomic E-state index is 10.7. The van der Waals surface area contributed by atoms with Gasteiger partial charge in [0, 0.05) is 12.5 Å². The molecular formula is C9H12O3. The highest BCUT2D eigenvalue weighted by molar-refractivity contribution is 5.81. The van der Waals surface area contributed by atoms with Crippen LogP contribution in [0.2, 0.25) is 0 Å². The van der Waals surface area contributed by atoms with E-state index in [0.717, 1.165) is 12.5 Å². The van der Waals surface area contributed by atoms with Crippen molar-refractivity contribution in [3.05, 3.63) is 24.8 Å². The molecule has 0 saturated carbocycles. The van der Waals surface area contributed by atoms with Crippen molar-refractivity contribution in [2.75, 3.05) is 6.61 Å². The molecule has 0 amide bonds. The number of esters is 1. The first-order chi connectivity index (χ1) is 5.83. The topological polar surface area (TPSA) is 35.5 Å². The quantitative estimate of drug-likeness (QED) is 0.355. The molecule has 1 heterocycles.